The van der Waals surface area contributed by atoms with Gasteiger partial charge in [-0.15, -0.1) is 5.10 Å². The molecule has 2 aromatic carbocycles. The lowest BCUT2D eigenvalue weighted by Crippen LogP contribution is -2.33. The van der Waals surface area contributed by atoms with Crippen LogP contribution in [0.15, 0.2) is 65.5 Å². The van der Waals surface area contributed by atoms with E-state index in [2.05, 4.69) is 27.6 Å². The smallest absolute Gasteiger partial charge is 0.267 e. The van der Waals surface area contributed by atoms with Gasteiger partial charge >= 0.3 is 0 Å². The van der Waals surface area contributed by atoms with E-state index in [4.69, 9.17) is 0 Å². The van der Waals surface area contributed by atoms with Crippen LogP contribution in [0.4, 0.5) is 5.69 Å². The molecule has 1 unspecified atom stereocenters. The fraction of sp³-hybridized carbons (Fsp3) is 0.200. The van der Waals surface area contributed by atoms with Crippen molar-refractivity contribution in [3.05, 3.63) is 93.5 Å². The molecule has 1 aliphatic carbocycles. The van der Waals surface area contributed by atoms with Crippen LogP contribution in [0.2, 0.25) is 0 Å². The maximum Gasteiger partial charge on any atom is 0.267 e. The average molecular weight is 425 g/mol. The number of hydrogen-bond acceptors (Lipinski definition) is 4. The fourth-order valence-corrected chi connectivity index (χ4v) is 4.25. The van der Waals surface area contributed by atoms with Crippen molar-refractivity contribution in [2.45, 2.75) is 33.2 Å². The van der Waals surface area contributed by atoms with Gasteiger partial charge in [0, 0.05) is 17.4 Å². The summed E-state index contributed by atoms with van der Waals surface area (Å²) in [7, 11) is 0. The van der Waals surface area contributed by atoms with Gasteiger partial charge in [-0.3, -0.25) is 9.59 Å². The lowest BCUT2D eigenvalue weighted by molar-refractivity contribution is -0.119. The highest BCUT2D eigenvalue weighted by Crippen LogP contribution is 2.37. The molecule has 32 heavy (non-hydrogen) atoms. The third-order valence-electron chi connectivity index (χ3n) is 5.85. The van der Waals surface area contributed by atoms with E-state index in [9.17, 15) is 9.59 Å². The van der Waals surface area contributed by atoms with Gasteiger partial charge in [0.1, 0.15) is 6.04 Å². The first kappa shape index (κ1) is 19.9. The molecule has 0 bridgehead atoms. The van der Waals surface area contributed by atoms with Crippen LogP contribution in [0.3, 0.4) is 0 Å². The summed E-state index contributed by atoms with van der Waals surface area (Å²) in [6.07, 6.45) is 0.844. The molecule has 1 aliphatic rings. The predicted molar refractivity (Wildman–Crippen MR) is 123 cm³/mol. The second-order valence-electron chi connectivity index (χ2n) is 8.18. The molecular weight excluding hydrogens is 402 g/mol. The summed E-state index contributed by atoms with van der Waals surface area (Å²) in [5, 5.41) is 11.8. The molecule has 0 spiro atoms. The van der Waals surface area contributed by atoms with Crippen molar-refractivity contribution < 1.29 is 4.79 Å². The highest BCUT2D eigenvalue weighted by Gasteiger charge is 2.21. The van der Waals surface area contributed by atoms with Crippen molar-refractivity contribution in [3.63, 3.8) is 0 Å². The molecule has 0 saturated heterocycles. The second-order valence-corrected chi connectivity index (χ2v) is 8.18. The Morgan fingerprint density at radius 2 is 1.75 bits per heavy atom. The number of nitrogens with zero attached hydrogens (tertiary/aromatic N) is 4. The number of rotatable bonds is 4. The number of carbonyl (C=O) groups is 1. The van der Waals surface area contributed by atoms with E-state index >= 15 is 0 Å². The van der Waals surface area contributed by atoms with Crippen molar-refractivity contribution >= 4 is 11.6 Å². The molecule has 4 aromatic rings. The van der Waals surface area contributed by atoms with Crippen LogP contribution in [0.25, 0.3) is 16.9 Å². The minimum absolute atomic E-state index is 0.305. The molecule has 160 valence electrons. The summed E-state index contributed by atoms with van der Waals surface area (Å²) in [5.74, 6) is 0.186. The Hall–Kier alpha value is -4.00. The van der Waals surface area contributed by atoms with Gasteiger partial charge in [-0.25, -0.2) is 9.36 Å². The molecule has 1 atom stereocenters. The zero-order chi connectivity index (χ0) is 22.4. The van der Waals surface area contributed by atoms with Crippen LogP contribution in [-0.4, -0.2) is 25.5 Å². The average Bonchev–Trinajstić information content (AvgIpc) is 3.32. The molecule has 0 aliphatic heterocycles. The number of nitrogens with one attached hydrogen (secondary N) is 1. The first-order valence-corrected chi connectivity index (χ1v) is 10.6. The van der Waals surface area contributed by atoms with E-state index in [-0.39, 0.29) is 11.5 Å². The van der Waals surface area contributed by atoms with Gasteiger partial charge in [0.25, 0.3) is 5.56 Å². The van der Waals surface area contributed by atoms with E-state index in [0.717, 1.165) is 17.8 Å². The van der Waals surface area contributed by atoms with Crippen molar-refractivity contribution in [2.24, 2.45) is 0 Å². The first-order valence-electron chi connectivity index (χ1n) is 10.6. The molecule has 0 fully saturated rings. The molecule has 7 nitrogen and oxygen atoms in total. The van der Waals surface area contributed by atoms with Gasteiger partial charge in [-0.2, -0.15) is 5.10 Å². The summed E-state index contributed by atoms with van der Waals surface area (Å²) in [6, 6.07) is 18.4. The molecular formula is C25H23N5O2. The monoisotopic (exact) mass is 425 g/mol. The Kier molecular flexibility index (Phi) is 4.74. The highest BCUT2D eigenvalue weighted by molar-refractivity contribution is 5.94. The third-order valence-corrected chi connectivity index (χ3v) is 5.85. The van der Waals surface area contributed by atoms with Crippen molar-refractivity contribution in [2.75, 3.05) is 5.32 Å². The molecule has 7 heteroatoms. The van der Waals surface area contributed by atoms with Gasteiger partial charge in [0.15, 0.2) is 5.82 Å². The largest absolute Gasteiger partial charge is 0.324 e. The van der Waals surface area contributed by atoms with Gasteiger partial charge < -0.3 is 5.32 Å². The summed E-state index contributed by atoms with van der Waals surface area (Å²) in [4.78, 5) is 25.4. The van der Waals surface area contributed by atoms with E-state index in [1.807, 2.05) is 50.2 Å². The lowest BCUT2D eigenvalue weighted by atomic mass is 10.1. The number of benzene rings is 2. The van der Waals surface area contributed by atoms with Crippen molar-refractivity contribution in [1.29, 1.82) is 0 Å². The van der Waals surface area contributed by atoms with Crippen LogP contribution in [0.1, 0.15) is 35.5 Å². The van der Waals surface area contributed by atoms with Crippen molar-refractivity contribution in [3.8, 4) is 16.9 Å². The fourth-order valence-electron chi connectivity index (χ4n) is 4.25. The number of carbonyl (C=O) groups excluding carboxylic acids is 1. The van der Waals surface area contributed by atoms with E-state index in [1.165, 1.54) is 33.0 Å². The standard InChI is InChI=1S/C25H23N5O2/c1-15-12-16(2)29(27-15)23-10-11-24(31)30(28-23)17(3)25(32)26-20-8-9-22-19(14-20)13-18-6-4-5-7-21(18)22/h4-12,14,17H,13H2,1-3H3,(H,26,32). The normalized spacial score (nSPS) is 12.8. The Labute approximate surface area is 185 Å². The second kappa shape index (κ2) is 7.60. The first-order chi connectivity index (χ1) is 15.4. The zero-order valence-electron chi connectivity index (χ0n) is 18.2. The quantitative estimate of drug-likeness (QED) is 0.475. The number of aromatic nitrogens is 4. The Bertz CT molecular complexity index is 1420. The summed E-state index contributed by atoms with van der Waals surface area (Å²) >= 11 is 0. The molecule has 0 saturated carbocycles. The molecule has 0 radical (unpaired) electrons. The number of aryl methyl sites for hydroxylation is 2. The zero-order valence-corrected chi connectivity index (χ0v) is 18.2. The number of amides is 1. The summed E-state index contributed by atoms with van der Waals surface area (Å²) < 4.78 is 2.86. The van der Waals surface area contributed by atoms with Crippen LogP contribution in [0, 0.1) is 13.8 Å². The van der Waals surface area contributed by atoms with Gasteiger partial charge in [-0.1, -0.05) is 30.3 Å². The van der Waals surface area contributed by atoms with Crippen LogP contribution >= 0.6 is 0 Å². The van der Waals surface area contributed by atoms with E-state index in [0.29, 0.717) is 11.5 Å². The van der Waals surface area contributed by atoms with Crippen molar-refractivity contribution in [1.82, 2.24) is 19.6 Å². The Morgan fingerprint density at radius 3 is 2.53 bits per heavy atom. The molecule has 5 rings (SSSR count). The van der Waals surface area contributed by atoms with Gasteiger partial charge in [0.05, 0.1) is 5.69 Å². The van der Waals surface area contributed by atoms with E-state index < -0.39 is 6.04 Å². The minimum Gasteiger partial charge on any atom is -0.324 e. The Morgan fingerprint density at radius 1 is 0.969 bits per heavy atom. The summed E-state index contributed by atoms with van der Waals surface area (Å²) in [5.41, 5.74) is 7.02. The highest BCUT2D eigenvalue weighted by atomic mass is 16.2. The molecule has 1 N–H and O–H groups in total. The molecule has 1 amide bonds. The Balaban J connectivity index is 1.39. The van der Waals surface area contributed by atoms with Crippen LogP contribution < -0.4 is 10.9 Å². The predicted octanol–water partition coefficient (Wildman–Crippen LogP) is 3.82. The SMILES string of the molecule is Cc1cc(C)n(-c2ccc(=O)n(C(C)C(=O)Nc3ccc4c(c3)Cc3ccccc3-4)n2)n1. The molecule has 2 aromatic heterocycles. The number of hydrogen-bond donors (Lipinski definition) is 1. The van der Waals surface area contributed by atoms with Crippen LogP contribution in [0.5, 0.6) is 0 Å². The molecule has 2 heterocycles. The van der Waals surface area contributed by atoms with Crippen LogP contribution in [-0.2, 0) is 11.2 Å². The summed E-state index contributed by atoms with van der Waals surface area (Å²) in [6.45, 7) is 5.47. The maximum atomic E-state index is 13.0. The lowest BCUT2D eigenvalue weighted by Gasteiger charge is -2.16. The number of fused-ring (bicyclic) bond motifs is 3. The topological polar surface area (TPSA) is 81.8 Å². The van der Waals surface area contributed by atoms with Gasteiger partial charge in [-0.05, 0) is 73.7 Å². The third kappa shape index (κ3) is 3.41. The van der Waals surface area contributed by atoms with E-state index in [1.54, 1.807) is 17.7 Å². The maximum absolute atomic E-state index is 13.0. The minimum atomic E-state index is -0.787. The number of anilines is 1. The van der Waals surface area contributed by atoms with Gasteiger partial charge in [0.2, 0.25) is 5.91 Å².